The first-order valence-corrected chi connectivity index (χ1v) is 10.0. The molecular weight excluding hydrogens is 334 g/mol. The highest BCUT2D eigenvalue weighted by Gasteiger charge is 2.15. The van der Waals surface area contributed by atoms with Crippen molar-refractivity contribution in [2.24, 2.45) is 5.92 Å². The van der Waals surface area contributed by atoms with Gasteiger partial charge in [-0.3, -0.25) is 4.84 Å². The molecule has 2 aromatic rings. The molecule has 1 heterocycles. The Labute approximate surface area is 164 Å². The molecule has 0 amide bonds. The zero-order chi connectivity index (χ0) is 19.1. The molecule has 4 nitrogen and oxygen atoms in total. The maximum atomic E-state index is 6.12. The van der Waals surface area contributed by atoms with Crippen LogP contribution in [0.4, 0.5) is 5.69 Å². The molecule has 1 aliphatic rings. The molecule has 0 saturated carbocycles. The van der Waals surface area contributed by atoms with Crippen LogP contribution in [0, 0.1) is 5.92 Å². The third kappa shape index (κ3) is 6.35. The first-order valence-electron chi connectivity index (χ1n) is 10.0. The largest absolute Gasteiger partial charge is 0.369 e. The first kappa shape index (κ1) is 19.9. The number of piperazine rings is 1. The lowest BCUT2D eigenvalue weighted by Gasteiger charge is -2.34. The Morgan fingerprint density at radius 1 is 0.889 bits per heavy atom. The van der Waals surface area contributed by atoms with Crippen molar-refractivity contribution in [3.63, 3.8) is 0 Å². The Bertz CT molecular complexity index is 664. The minimum Gasteiger partial charge on any atom is -0.369 e. The monoisotopic (exact) mass is 367 g/mol. The van der Waals surface area contributed by atoms with E-state index in [-0.39, 0.29) is 0 Å². The first-order chi connectivity index (χ1) is 13.1. The minimum absolute atomic E-state index is 0.561. The molecule has 0 N–H and O–H groups in total. The highest BCUT2D eigenvalue weighted by atomic mass is 16.7. The van der Waals surface area contributed by atoms with Gasteiger partial charge in [0.1, 0.15) is 0 Å². The Kier molecular flexibility index (Phi) is 7.27. The summed E-state index contributed by atoms with van der Waals surface area (Å²) in [6.07, 6.45) is 0. The fourth-order valence-electron chi connectivity index (χ4n) is 3.39. The van der Waals surface area contributed by atoms with Gasteiger partial charge in [-0.2, -0.15) is 5.06 Å². The topological polar surface area (TPSA) is 19.0 Å². The van der Waals surface area contributed by atoms with Crippen LogP contribution in [0.2, 0.25) is 0 Å². The molecule has 1 aliphatic heterocycles. The molecule has 4 heteroatoms. The van der Waals surface area contributed by atoms with E-state index in [1.165, 1.54) is 16.8 Å². The number of hydrogen-bond donors (Lipinski definition) is 0. The van der Waals surface area contributed by atoms with E-state index in [1.807, 2.05) is 6.07 Å². The molecule has 2 aromatic carbocycles. The van der Waals surface area contributed by atoms with Crippen LogP contribution in [0.1, 0.15) is 25.0 Å². The van der Waals surface area contributed by atoms with Gasteiger partial charge in [0.2, 0.25) is 0 Å². The summed E-state index contributed by atoms with van der Waals surface area (Å²) in [5.74, 6) is 0.561. The van der Waals surface area contributed by atoms with Crippen LogP contribution in [0.15, 0.2) is 54.6 Å². The quantitative estimate of drug-likeness (QED) is 0.656. The lowest BCUT2D eigenvalue weighted by atomic mass is 10.1. The van der Waals surface area contributed by atoms with Gasteiger partial charge in [-0.1, -0.05) is 56.3 Å². The molecule has 27 heavy (non-hydrogen) atoms. The third-order valence-electron chi connectivity index (χ3n) is 4.99. The van der Waals surface area contributed by atoms with Gasteiger partial charge in [-0.05, 0) is 36.2 Å². The van der Waals surface area contributed by atoms with Crippen molar-refractivity contribution in [1.29, 1.82) is 0 Å². The number of anilines is 1. The highest BCUT2D eigenvalue weighted by Crippen LogP contribution is 2.18. The van der Waals surface area contributed by atoms with Crippen molar-refractivity contribution in [1.82, 2.24) is 9.96 Å². The second-order valence-electron chi connectivity index (χ2n) is 7.93. The van der Waals surface area contributed by atoms with E-state index in [4.69, 9.17) is 4.84 Å². The summed E-state index contributed by atoms with van der Waals surface area (Å²) >= 11 is 0. The molecule has 0 bridgehead atoms. The van der Waals surface area contributed by atoms with Crippen molar-refractivity contribution >= 4 is 5.69 Å². The van der Waals surface area contributed by atoms with Gasteiger partial charge in [-0.25, -0.2) is 0 Å². The number of hydrogen-bond acceptors (Lipinski definition) is 4. The summed E-state index contributed by atoms with van der Waals surface area (Å²) < 4.78 is 0. The lowest BCUT2D eigenvalue weighted by molar-refractivity contribution is -0.182. The van der Waals surface area contributed by atoms with Gasteiger partial charge in [-0.15, -0.1) is 0 Å². The molecular formula is C23H33N3O. The predicted molar refractivity (Wildman–Crippen MR) is 113 cm³/mol. The molecule has 0 aliphatic carbocycles. The molecule has 0 aromatic heterocycles. The third-order valence-corrected chi connectivity index (χ3v) is 4.99. The van der Waals surface area contributed by atoms with Crippen LogP contribution in [0.3, 0.4) is 0 Å². The Hall–Kier alpha value is -1.88. The fraction of sp³-hybridized carbons (Fsp3) is 0.478. The van der Waals surface area contributed by atoms with Crippen molar-refractivity contribution in [3.05, 3.63) is 65.7 Å². The summed E-state index contributed by atoms with van der Waals surface area (Å²) in [7, 11) is 2.19. The second-order valence-corrected chi connectivity index (χ2v) is 7.93. The Morgan fingerprint density at radius 2 is 1.56 bits per heavy atom. The van der Waals surface area contributed by atoms with Crippen molar-refractivity contribution in [2.45, 2.75) is 27.0 Å². The standard InChI is InChI=1S/C23H33N3O/c1-20(2)17-26(27-19-22-7-5-4-6-8-22)18-21-9-11-23(12-10-21)25-15-13-24(3)14-16-25/h4-12,20H,13-19H2,1-3H3. The van der Waals surface area contributed by atoms with Crippen LogP contribution in [-0.2, 0) is 18.0 Å². The van der Waals surface area contributed by atoms with Crippen molar-refractivity contribution in [3.8, 4) is 0 Å². The number of likely N-dealkylation sites (N-methyl/N-ethyl adjacent to an activating group) is 1. The van der Waals surface area contributed by atoms with Crippen LogP contribution in [-0.4, -0.2) is 49.7 Å². The number of hydroxylamine groups is 2. The minimum atomic E-state index is 0.561. The lowest BCUT2D eigenvalue weighted by Crippen LogP contribution is -2.44. The van der Waals surface area contributed by atoms with Crippen molar-refractivity contribution < 1.29 is 4.84 Å². The molecule has 1 saturated heterocycles. The fourth-order valence-corrected chi connectivity index (χ4v) is 3.39. The number of benzene rings is 2. The summed E-state index contributed by atoms with van der Waals surface area (Å²) in [5.41, 5.74) is 3.82. The molecule has 0 atom stereocenters. The molecule has 146 valence electrons. The van der Waals surface area contributed by atoms with E-state index in [2.05, 4.69) is 84.3 Å². The van der Waals surface area contributed by atoms with Crippen LogP contribution in [0.25, 0.3) is 0 Å². The van der Waals surface area contributed by atoms with Crippen LogP contribution < -0.4 is 4.90 Å². The van der Waals surface area contributed by atoms with Crippen LogP contribution >= 0.6 is 0 Å². The van der Waals surface area contributed by atoms with Gasteiger partial charge in [0.05, 0.1) is 6.61 Å². The average Bonchev–Trinajstić information content (AvgIpc) is 2.68. The van der Waals surface area contributed by atoms with Gasteiger partial charge in [0.25, 0.3) is 0 Å². The highest BCUT2D eigenvalue weighted by molar-refractivity contribution is 5.48. The van der Waals surface area contributed by atoms with Crippen LogP contribution in [0.5, 0.6) is 0 Å². The maximum Gasteiger partial charge on any atom is 0.0936 e. The summed E-state index contributed by atoms with van der Waals surface area (Å²) in [6, 6.07) is 19.4. The number of rotatable bonds is 8. The molecule has 1 fully saturated rings. The van der Waals surface area contributed by atoms with E-state index in [9.17, 15) is 0 Å². The van der Waals surface area contributed by atoms with Gasteiger partial charge < -0.3 is 9.80 Å². The zero-order valence-electron chi connectivity index (χ0n) is 17.0. The van der Waals surface area contributed by atoms with E-state index in [1.54, 1.807) is 0 Å². The molecule has 0 unspecified atom stereocenters. The predicted octanol–water partition coefficient (Wildman–Crippen LogP) is 4.03. The Morgan fingerprint density at radius 3 is 2.19 bits per heavy atom. The van der Waals surface area contributed by atoms with E-state index in [0.717, 1.165) is 39.3 Å². The summed E-state index contributed by atoms with van der Waals surface area (Å²) in [5, 5.41) is 2.10. The van der Waals surface area contributed by atoms with Gasteiger partial charge in [0, 0.05) is 45.0 Å². The second kappa shape index (κ2) is 9.88. The average molecular weight is 368 g/mol. The van der Waals surface area contributed by atoms with E-state index in [0.29, 0.717) is 12.5 Å². The smallest absolute Gasteiger partial charge is 0.0936 e. The van der Waals surface area contributed by atoms with E-state index >= 15 is 0 Å². The summed E-state index contributed by atoms with van der Waals surface area (Å²) in [4.78, 5) is 11.0. The number of nitrogens with zero attached hydrogens (tertiary/aromatic N) is 3. The van der Waals surface area contributed by atoms with E-state index < -0.39 is 0 Å². The maximum absolute atomic E-state index is 6.12. The van der Waals surface area contributed by atoms with Gasteiger partial charge >= 0.3 is 0 Å². The van der Waals surface area contributed by atoms with Crippen molar-refractivity contribution in [2.75, 3.05) is 44.7 Å². The molecule has 3 rings (SSSR count). The van der Waals surface area contributed by atoms with Gasteiger partial charge in [0.15, 0.2) is 0 Å². The molecule has 0 spiro atoms. The SMILES string of the molecule is CC(C)CN(Cc1ccc(N2CCN(C)CC2)cc1)OCc1ccccc1. The normalized spacial score (nSPS) is 15.7. The zero-order valence-corrected chi connectivity index (χ0v) is 17.0. The molecule has 0 radical (unpaired) electrons. The Balaban J connectivity index is 1.57. The summed E-state index contributed by atoms with van der Waals surface area (Å²) in [6.45, 7) is 11.3.